The fraction of sp³-hybridized carbons (Fsp3) is 0.684. The molecule has 0 saturated carbocycles. The van der Waals surface area contributed by atoms with Gasteiger partial charge in [0.25, 0.3) is 0 Å². The minimum atomic E-state index is -0.700. The monoisotopic (exact) mass is 441 g/mol. The highest BCUT2D eigenvalue weighted by atomic mass is 16.5. The molecule has 0 N–H and O–H groups in total. The fourth-order valence-electron chi connectivity index (χ4n) is 3.66. The first kappa shape index (κ1) is 24.6. The van der Waals surface area contributed by atoms with Gasteiger partial charge in [0.2, 0.25) is 11.8 Å². The third kappa shape index (κ3) is 5.14. The van der Waals surface area contributed by atoms with Crippen molar-refractivity contribution in [3.8, 4) is 0 Å². The van der Waals surface area contributed by atoms with Gasteiger partial charge in [0.15, 0.2) is 12.3 Å². The number of rotatable bonds is 11. The lowest BCUT2D eigenvalue weighted by molar-refractivity contribution is -0.144. The van der Waals surface area contributed by atoms with E-state index in [2.05, 4.69) is 0 Å². The Hall–Kier alpha value is -2.70. The van der Waals surface area contributed by atoms with Crippen molar-refractivity contribution in [1.82, 2.24) is 24.5 Å². The van der Waals surface area contributed by atoms with Crippen molar-refractivity contribution in [1.29, 1.82) is 0 Å². The molecule has 2 aliphatic rings. The third-order valence-electron chi connectivity index (χ3n) is 5.06. The van der Waals surface area contributed by atoms with E-state index in [1.807, 2.05) is 0 Å². The van der Waals surface area contributed by atoms with Crippen LogP contribution in [0.5, 0.6) is 0 Å². The van der Waals surface area contributed by atoms with Crippen molar-refractivity contribution in [2.24, 2.45) is 0 Å². The maximum absolute atomic E-state index is 13.1. The summed E-state index contributed by atoms with van der Waals surface area (Å²) < 4.78 is 15.7. The maximum Gasteiger partial charge on any atom is 0.326 e. The smallest absolute Gasteiger partial charge is 0.326 e. The summed E-state index contributed by atoms with van der Waals surface area (Å²) in [5.74, 6) is -0.977. The number of nitrogens with zero attached hydrogens (tertiary/aromatic N) is 5. The summed E-state index contributed by atoms with van der Waals surface area (Å²) in [5, 5.41) is 0. The molecule has 2 unspecified atom stereocenters. The number of amides is 6. The van der Waals surface area contributed by atoms with Crippen molar-refractivity contribution in [2.75, 3.05) is 54.1 Å². The Kier molecular flexibility index (Phi) is 8.77. The van der Waals surface area contributed by atoms with Gasteiger partial charge in [-0.1, -0.05) is 12.2 Å². The van der Waals surface area contributed by atoms with E-state index < -0.39 is 30.2 Å². The van der Waals surface area contributed by atoms with E-state index in [1.54, 1.807) is 26.2 Å². The number of fused-ring (bicyclic) bond motifs is 1. The van der Waals surface area contributed by atoms with Gasteiger partial charge in [-0.25, -0.2) is 9.59 Å². The number of urea groups is 2. The molecule has 0 aliphatic carbocycles. The molecule has 174 valence electrons. The molecule has 0 aromatic rings. The van der Waals surface area contributed by atoms with Crippen LogP contribution in [0.15, 0.2) is 12.2 Å². The van der Waals surface area contributed by atoms with Crippen molar-refractivity contribution < 1.29 is 33.4 Å². The first-order valence-corrected chi connectivity index (χ1v) is 9.93. The molecule has 2 fully saturated rings. The average Bonchev–Trinajstić information content (AvgIpc) is 3.13. The van der Waals surface area contributed by atoms with Crippen molar-refractivity contribution in [2.45, 2.75) is 33.1 Å². The molecule has 0 spiro atoms. The summed E-state index contributed by atoms with van der Waals surface area (Å²) in [4.78, 5) is 56.7. The van der Waals surface area contributed by atoms with Gasteiger partial charge in [0, 0.05) is 34.6 Å². The molecule has 2 rings (SSSR count). The lowest BCUT2D eigenvalue weighted by atomic mass is 10.3. The number of carbonyl (C=O) groups excluding carboxylic acids is 4. The molecule has 0 radical (unpaired) electrons. The quantitative estimate of drug-likeness (QED) is 0.334. The molecule has 6 amide bonds. The Morgan fingerprint density at radius 1 is 0.871 bits per heavy atom. The first-order chi connectivity index (χ1) is 14.8. The van der Waals surface area contributed by atoms with Crippen molar-refractivity contribution >= 4 is 23.9 Å². The molecule has 2 aliphatic heterocycles. The van der Waals surface area contributed by atoms with Crippen molar-refractivity contribution in [3.05, 3.63) is 12.2 Å². The van der Waals surface area contributed by atoms with Crippen LogP contribution in [-0.4, -0.2) is 115 Å². The molecular formula is C19H31N5O7. The zero-order chi connectivity index (χ0) is 23.1. The largest absolute Gasteiger partial charge is 0.381 e. The predicted octanol–water partition coefficient (Wildman–Crippen LogP) is 0.267. The van der Waals surface area contributed by atoms with Crippen molar-refractivity contribution in [3.63, 3.8) is 0 Å². The molecule has 12 heteroatoms. The van der Waals surface area contributed by atoms with Crippen LogP contribution in [0.2, 0.25) is 0 Å². The predicted molar refractivity (Wildman–Crippen MR) is 108 cm³/mol. The Morgan fingerprint density at radius 3 is 1.97 bits per heavy atom. The van der Waals surface area contributed by atoms with Crippen LogP contribution in [0.1, 0.15) is 20.8 Å². The summed E-state index contributed by atoms with van der Waals surface area (Å²) in [7, 11) is 3.03. The topological polar surface area (TPSA) is 112 Å². The van der Waals surface area contributed by atoms with Crippen LogP contribution < -0.4 is 0 Å². The van der Waals surface area contributed by atoms with Crippen LogP contribution in [0.25, 0.3) is 0 Å². The van der Waals surface area contributed by atoms with Gasteiger partial charge in [0.05, 0.1) is 13.2 Å². The zero-order valence-electron chi connectivity index (χ0n) is 18.6. The second-order valence-corrected chi connectivity index (χ2v) is 7.04. The first-order valence-electron chi connectivity index (χ1n) is 9.93. The normalized spacial score (nSPS) is 20.9. The van der Waals surface area contributed by atoms with Crippen LogP contribution >= 0.6 is 0 Å². The van der Waals surface area contributed by atoms with E-state index in [9.17, 15) is 19.2 Å². The Labute approximate surface area is 181 Å². The molecule has 0 bridgehead atoms. The molecule has 2 atom stereocenters. The van der Waals surface area contributed by atoms with Gasteiger partial charge in [-0.3, -0.25) is 29.2 Å². The molecule has 0 aromatic heterocycles. The number of imide groups is 1. The van der Waals surface area contributed by atoms with Gasteiger partial charge in [-0.05, 0) is 6.92 Å². The summed E-state index contributed by atoms with van der Waals surface area (Å²) >= 11 is 0. The Bertz CT molecular complexity index is 702. The lowest BCUT2D eigenvalue weighted by Crippen LogP contribution is -2.52. The number of hydrogen-bond donors (Lipinski definition) is 0. The van der Waals surface area contributed by atoms with Gasteiger partial charge in [-0.2, -0.15) is 0 Å². The molecule has 2 saturated heterocycles. The van der Waals surface area contributed by atoms with Crippen LogP contribution in [0, 0.1) is 0 Å². The van der Waals surface area contributed by atoms with Crippen LogP contribution in [0.4, 0.5) is 9.59 Å². The molecule has 2 heterocycles. The summed E-state index contributed by atoms with van der Waals surface area (Å²) in [6, 6.07) is -0.755. The summed E-state index contributed by atoms with van der Waals surface area (Å²) in [6.07, 6.45) is 2.18. The van der Waals surface area contributed by atoms with E-state index in [0.717, 1.165) is 4.90 Å². The highest BCUT2D eigenvalue weighted by molar-refractivity contribution is 5.93. The van der Waals surface area contributed by atoms with Crippen LogP contribution in [-0.2, 0) is 23.8 Å². The van der Waals surface area contributed by atoms with E-state index in [4.69, 9.17) is 14.2 Å². The minimum Gasteiger partial charge on any atom is -0.381 e. The van der Waals surface area contributed by atoms with Gasteiger partial charge >= 0.3 is 12.1 Å². The highest BCUT2D eigenvalue weighted by Gasteiger charge is 2.59. The number of carbonyl (C=O) groups is 4. The minimum absolute atomic E-state index is 0.0434. The molecular weight excluding hydrogens is 410 g/mol. The summed E-state index contributed by atoms with van der Waals surface area (Å²) in [6.45, 7) is 4.97. The average molecular weight is 441 g/mol. The lowest BCUT2D eigenvalue weighted by Gasteiger charge is -2.31. The fourth-order valence-corrected chi connectivity index (χ4v) is 3.66. The van der Waals surface area contributed by atoms with E-state index in [0.29, 0.717) is 13.2 Å². The Balaban J connectivity index is 2.27. The number of ether oxygens (including phenoxy) is 3. The van der Waals surface area contributed by atoms with Gasteiger partial charge in [0.1, 0.15) is 20.1 Å². The second-order valence-electron chi connectivity index (χ2n) is 7.04. The molecule has 0 aromatic carbocycles. The van der Waals surface area contributed by atoms with Gasteiger partial charge in [-0.15, -0.1) is 0 Å². The van der Waals surface area contributed by atoms with E-state index in [-0.39, 0.29) is 32.8 Å². The SMILES string of the molecule is CCN1C(=O)N(COCC=CCOC)C2C1N(CN(C(C)=O)C(C)=O)C(=O)N2COC. The van der Waals surface area contributed by atoms with E-state index >= 15 is 0 Å². The van der Waals surface area contributed by atoms with Gasteiger partial charge < -0.3 is 19.1 Å². The third-order valence-corrected chi connectivity index (χ3v) is 5.06. The molecule has 31 heavy (non-hydrogen) atoms. The summed E-state index contributed by atoms with van der Waals surface area (Å²) in [5.41, 5.74) is 0. The maximum atomic E-state index is 13.1. The van der Waals surface area contributed by atoms with E-state index in [1.165, 1.54) is 40.6 Å². The number of methoxy groups -OCH3 is 2. The Morgan fingerprint density at radius 2 is 1.42 bits per heavy atom. The standard InChI is InChI=1S/C19H31N5O7/c1-6-20-16-17(24(18(20)27)13-31-10-8-7-9-29-4)23(12-30-5)19(28)22(16)11-21(14(2)25)15(3)26/h7-8,16-17H,6,9-13H2,1-5H3. The second kappa shape index (κ2) is 11.1. The number of likely N-dealkylation sites (N-methyl/N-ethyl adjacent to an activating group) is 1. The molecule has 12 nitrogen and oxygen atoms in total. The highest BCUT2D eigenvalue weighted by Crippen LogP contribution is 2.35. The van der Waals surface area contributed by atoms with Crippen LogP contribution in [0.3, 0.4) is 0 Å². The number of hydrogen-bond acceptors (Lipinski definition) is 7. The zero-order valence-corrected chi connectivity index (χ0v) is 18.6.